The Labute approximate surface area is 84.3 Å². The van der Waals surface area contributed by atoms with Gasteiger partial charge in [0.2, 0.25) is 0 Å². The van der Waals surface area contributed by atoms with Crippen molar-refractivity contribution in [3.8, 4) is 0 Å². The Morgan fingerprint density at radius 1 is 1.38 bits per heavy atom. The molecule has 0 bridgehead atoms. The highest BCUT2D eigenvalue weighted by atomic mass is 32.1. The molecule has 0 amide bonds. The Bertz CT molecular complexity index is 149. The molecule has 4 N–H and O–H groups in total. The van der Waals surface area contributed by atoms with Crippen molar-refractivity contribution in [1.82, 2.24) is 4.90 Å². The molecule has 1 unspecified atom stereocenters. The molecule has 0 aliphatic rings. The number of nitrogens with two attached hydrogens (primary N) is 1. The molecule has 0 radical (unpaired) electrons. The average Bonchev–Trinajstić information content (AvgIpc) is 2.05. The number of rotatable bonds is 7. The first kappa shape index (κ1) is 12.8. The molecular formula is C8H18N2O2S. The van der Waals surface area contributed by atoms with Crippen LogP contribution in [0.25, 0.3) is 0 Å². The van der Waals surface area contributed by atoms with E-state index in [0.717, 1.165) is 0 Å². The smallest absolute Gasteiger partial charge is 0.0768 e. The van der Waals surface area contributed by atoms with Crippen molar-refractivity contribution in [2.75, 3.05) is 32.8 Å². The van der Waals surface area contributed by atoms with E-state index < -0.39 is 0 Å². The van der Waals surface area contributed by atoms with Crippen molar-refractivity contribution in [3.63, 3.8) is 0 Å². The molecule has 0 spiro atoms. The predicted octanol–water partition coefficient (Wildman–Crippen LogP) is -0.805. The first-order chi connectivity index (χ1) is 6.11. The summed E-state index contributed by atoms with van der Waals surface area (Å²) in [5.41, 5.74) is 5.46. The highest BCUT2D eigenvalue weighted by molar-refractivity contribution is 7.80. The van der Waals surface area contributed by atoms with Crippen molar-refractivity contribution >= 4 is 17.2 Å². The summed E-state index contributed by atoms with van der Waals surface area (Å²) in [6.07, 6.45) is 0. The van der Waals surface area contributed by atoms with Crippen molar-refractivity contribution in [2.24, 2.45) is 11.7 Å². The van der Waals surface area contributed by atoms with Crippen molar-refractivity contribution < 1.29 is 10.2 Å². The zero-order valence-electron chi connectivity index (χ0n) is 7.94. The van der Waals surface area contributed by atoms with Crippen LogP contribution in [0.15, 0.2) is 0 Å². The van der Waals surface area contributed by atoms with Crippen LogP contribution < -0.4 is 5.73 Å². The fraction of sp³-hybridized carbons (Fsp3) is 0.875. The second-order valence-corrected chi connectivity index (χ2v) is 3.52. The Morgan fingerprint density at radius 3 is 2.15 bits per heavy atom. The van der Waals surface area contributed by atoms with Crippen LogP contribution in [0.2, 0.25) is 0 Å². The number of aliphatic hydroxyl groups is 2. The number of nitrogens with zero attached hydrogens (tertiary/aromatic N) is 1. The molecule has 1 atom stereocenters. The predicted molar refractivity (Wildman–Crippen MR) is 56.6 cm³/mol. The molecule has 5 heteroatoms. The van der Waals surface area contributed by atoms with E-state index in [0.29, 0.717) is 24.6 Å². The van der Waals surface area contributed by atoms with Gasteiger partial charge in [-0.15, -0.1) is 0 Å². The van der Waals surface area contributed by atoms with Crippen LogP contribution >= 0.6 is 12.2 Å². The van der Waals surface area contributed by atoms with Crippen LogP contribution in [0.5, 0.6) is 0 Å². The second kappa shape index (κ2) is 7.20. The quantitative estimate of drug-likeness (QED) is 0.476. The number of aliphatic hydroxyl groups excluding tert-OH is 2. The first-order valence-corrected chi connectivity index (χ1v) is 4.76. The first-order valence-electron chi connectivity index (χ1n) is 4.35. The summed E-state index contributed by atoms with van der Waals surface area (Å²) >= 11 is 4.83. The van der Waals surface area contributed by atoms with Crippen LogP contribution in [0.3, 0.4) is 0 Å². The van der Waals surface area contributed by atoms with Crippen LogP contribution in [0.4, 0.5) is 0 Å². The Hall–Kier alpha value is -0.230. The molecule has 0 saturated heterocycles. The van der Waals surface area contributed by atoms with Crippen molar-refractivity contribution in [2.45, 2.75) is 6.92 Å². The lowest BCUT2D eigenvalue weighted by atomic mass is 10.1. The van der Waals surface area contributed by atoms with Crippen LogP contribution in [0, 0.1) is 5.92 Å². The summed E-state index contributed by atoms with van der Waals surface area (Å²) in [7, 11) is 0. The highest BCUT2D eigenvalue weighted by Crippen LogP contribution is 1.99. The summed E-state index contributed by atoms with van der Waals surface area (Å²) in [6, 6.07) is 0. The number of hydrogen-bond acceptors (Lipinski definition) is 4. The van der Waals surface area contributed by atoms with Gasteiger partial charge in [0.05, 0.1) is 18.2 Å². The van der Waals surface area contributed by atoms with E-state index in [2.05, 4.69) is 0 Å². The highest BCUT2D eigenvalue weighted by Gasteiger charge is 2.10. The van der Waals surface area contributed by atoms with Crippen molar-refractivity contribution in [3.05, 3.63) is 0 Å². The third kappa shape index (κ3) is 5.93. The normalized spacial score (nSPS) is 13.2. The van der Waals surface area contributed by atoms with Gasteiger partial charge in [-0.1, -0.05) is 19.1 Å². The molecule has 0 aliphatic heterocycles. The lowest BCUT2D eigenvalue weighted by Gasteiger charge is -2.23. The summed E-state index contributed by atoms with van der Waals surface area (Å²) < 4.78 is 0. The van der Waals surface area contributed by atoms with Gasteiger partial charge < -0.3 is 15.9 Å². The Balaban J connectivity index is 3.85. The Morgan fingerprint density at radius 2 is 1.85 bits per heavy atom. The van der Waals surface area contributed by atoms with E-state index in [9.17, 15) is 0 Å². The molecule has 0 saturated carbocycles. The molecule has 13 heavy (non-hydrogen) atoms. The van der Waals surface area contributed by atoms with E-state index in [4.69, 9.17) is 28.2 Å². The molecule has 0 aromatic carbocycles. The zero-order valence-corrected chi connectivity index (χ0v) is 8.76. The maximum absolute atomic E-state index is 8.73. The van der Waals surface area contributed by atoms with Gasteiger partial charge in [-0.05, 0) is 0 Å². The molecular weight excluding hydrogens is 188 g/mol. The fourth-order valence-corrected chi connectivity index (χ4v) is 1.13. The monoisotopic (exact) mass is 206 g/mol. The fourth-order valence-electron chi connectivity index (χ4n) is 1.05. The zero-order chi connectivity index (χ0) is 10.3. The van der Waals surface area contributed by atoms with Crippen LogP contribution in [0.1, 0.15) is 6.92 Å². The minimum atomic E-state index is 0.0874. The Kier molecular flexibility index (Phi) is 7.07. The molecule has 0 aliphatic carbocycles. The molecule has 0 rings (SSSR count). The van der Waals surface area contributed by atoms with Gasteiger partial charge in [0.1, 0.15) is 0 Å². The van der Waals surface area contributed by atoms with E-state index in [-0.39, 0.29) is 19.1 Å². The van der Waals surface area contributed by atoms with Crippen LogP contribution in [-0.2, 0) is 0 Å². The van der Waals surface area contributed by atoms with Crippen molar-refractivity contribution in [1.29, 1.82) is 0 Å². The maximum atomic E-state index is 8.73. The molecule has 78 valence electrons. The van der Waals surface area contributed by atoms with Crippen LogP contribution in [-0.4, -0.2) is 52.9 Å². The van der Waals surface area contributed by atoms with E-state index in [1.165, 1.54) is 0 Å². The maximum Gasteiger partial charge on any atom is 0.0768 e. The van der Waals surface area contributed by atoms with Gasteiger partial charge in [-0.3, -0.25) is 4.90 Å². The van der Waals surface area contributed by atoms with E-state index >= 15 is 0 Å². The topological polar surface area (TPSA) is 69.7 Å². The largest absolute Gasteiger partial charge is 0.395 e. The standard InChI is InChI=1S/C8H18N2O2S/c1-7(8(9)13)6-10(2-4-11)3-5-12/h7,11-12H,2-6H2,1H3,(H2,9,13). The minimum absolute atomic E-state index is 0.0874. The van der Waals surface area contributed by atoms with Gasteiger partial charge in [0.15, 0.2) is 0 Å². The third-order valence-corrected chi connectivity index (χ3v) is 2.25. The van der Waals surface area contributed by atoms with Gasteiger partial charge in [-0.2, -0.15) is 0 Å². The molecule has 4 nitrogen and oxygen atoms in total. The van der Waals surface area contributed by atoms with Gasteiger partial charge in [-0.25, -0.2) is 0 Å². The molecule has 0 heterocycles. The SMILES string of the molecule is CC(CN(CCO)CCO)C(N)=S. The third-order valence-electron chi connectivity index (χ3n) is 1.85. The summed E-state index contributed by atoms with van der Waals surface area (Å²) in [4.78, 5) is 2.41. The minimum Gasteiger partial charge on any atom is -0.395 e. The van der Waals surface area contributed by atoms with Gasteiger partial charge >= 0.3 is 0 Å². The molecule has 0 aromatic rings. The van der Waals surface area contributed by atoms with Gasteiger partial charge in [0, 0.05) is 25.6 Å². The van der Waals surface area contributed by atoms with E-state index in [1.807, 2.05) is 11.8 Å². The van der Waals surface area contributed by atoms with Gasteiger partial charge in [0.25, 0.3) is 0 Å². The lowest BCUT2D eigenvalue weighted by molar-refractivity contribution is 0.155. The average molecular weight is 206 g/mol. The summed E-state index contributed by atoms with van der Waals surface area (Å²) in [5.74, 6) is 0.119. The second-order valence-electron chi connectivity index (χ2n) is 3.05. The number of hydrogen-bond donors (Lipinski definition) is 3. The number of thiocarbonyl (C=S) groups is 1. The molecule has 0 fully saturated rings. The molecule has 0 aromatic heterocycles. The summed E-state index contributed by atoms with van der Waals surface area (Å²) in [6.45, 7) is 3.90. The summed E-state index contributed by atoms with van der Waals surface area (Å²) in [5, 5.41) is 17.5. The lowest BCUT2D eigenvalue weighted by Crippen LogP contribution is -2.37. The van der Waals surface area contributed by atoms with E-state index in [1.54, 1.807) is 0 Å².